The van der Waals surface area contributed by atoms with Crippen molar-refractivity contribution < 1.29 is 80.2 Å². The third kappa shape index (κ3) is 76.0. The van der Waals surface area contributed by atoms with E-state index in [4.69, 9.17) is 37.0 Å². The number of aliphatic hydroxyl groups is 1. The number of carbonyl (C=O) groups excluding carboxylic acids is 4. The van der Waals surface area contributed by atoms with E-state index >= 15 is 0 Å². The largest absolute Gasteiger partial charge is 0.472 e. The van der Waals surface area contributed by atoms with Crippen molar-refractivity contribution in [1.29, 1.82) is 0 Å². The summed E-state index contributed by atoms with van der Waals surface area (Å²) in [5.41, 5.74) is 0. The number of esters is 2. The molecule has 582 valence electrons. The minimum absolute atomic E-state index is 0.0447. The highest BCUT2D eigenvalue weighted by Crippen LogP contribution is 2.45. The molecule has 0 heterocycles. The first-order valence-corrected chi connectivity index (χ1v) is 43.1. The number of allylic oxidation sites excluding steroid dienone is 12. The highest BCUT2D eigenvalue weighted by molar-refractivity contribution is 7.47. The SMILES string of the molecule is CCCCC/C=C\C/C=C\C/C=C\C/C=C\CCCC(=O)O[C@H](COC(=O)CCCCCCCCCCCCCCC)COP(=O)(O)OC[C@H](O)COP(=O)(O)OC[C@@H](COCCCCCCCCC/C=C\CCCCCCC=O)OCCCCCCCCC/C=C\CCCCCCC=O. The van der Waals surface area contributed by atoms with Crippen molar-refractivity contribution in [1.82, 2.24) is 0 Å². The highest BCUT2D eigenvalue weighted by atomic mass is 31.2. The summed E-state index contributed by atoms with van der Waals surface area (Å²) in [5, 5.41) is 10.6. The van der Waals surface area contributed by atoms with Gasteiger partial charge in [-0.25, -0.2) is 9.13 Å². The van der Waals surface area contributed by atoms with Crippen molar-refractivity contribution in [2.24, 2.45) is 0 Å². The maximum atomic E-state index is 13.1. The molecule has 3 N–H and O–H groups in total. The maximum absolute atomic E-state index is 13.1. The van der Waals surface area contributed by atoms with Crippen molar-refractivity contribution >= 4 is 40.2 Å². The van der Waals surface area contributed by atoms with Crippen LogP contribution in [0.3, 0.4) is 0 Å². The fraction of sp³-hybridized carbons (Fsp3) is 0.802. The lowest BCUT2D eigenvalue weighted by atomic mass is 10.0. The number of aldehydes is 2. The second-order valence-corrected chi connectivity index (χ2v) is 29.8. The van der Waals surface area contributed by atoms with Crippen molar-refractivity contribution in [2.45, 2.75) is 366 Å². The molecule has 0 aliphatic carbocycles. The molecule has 0 radical (unpaired) electrons. The van der Waals surface area contributed by atoms with Gasteiger partial charge in [0.2, 0.25) is 0 Å². The molecule has 100 heavy (non-hydrogen) atoms. The van der Waals surface area contributed by atoms with Gasteiger partial charge in [0, 0.05) is 38.9 Å². The van der Waals surface area contributed by atoms with E-state index < -0.39 is 72.3 Å². The van der Waals surface area contributed by atoms with E-state index in [0.29, 0.717) is 45.3 Å². The molecule has 0 bridgehead atoms. The van der Waals surface area contributed by atoms with Crippen molar-refractivity contribution in [3.8, 4) is 0 Å². The van der Waals surface area contributed by atoms with Crippen LogP contribution in [0.4, 0.5) is 0 Å². The number of ether oxygens (including phenoxy) is 4. The Morgan fingerprint density at radius 3 is 1.07 bits per heavy atom. The molecular formula is C81H146O17P2. The van der Waals surface area contributed by atoms with Gasteiger partial charge < -0.3 is 43.4 Å². The molecule has 0 fully saturated rings. The van der Waals surface area contributed by atoms with E-state index in [1.807, 2.05) is 12.2 Å². The second kappa shape index (κ2) is 76.9. The number of phosphoric acid groups is 2. The Kier molecular flexibility index (Phi) is 74.5. The average molecular weight is 1450 g/mol. The van der Waals surface area contributed by atoms with Crippen LogP contribution in [0.25, 0.3) is 0 Å². The number of hydrogen-bond donors (Lipinski definition) is 3. The van der Waals surface area contributed by atoms with Gasteiger partial charge in [-0.05, 0) is 128 Å². The van der Waals surface area contributed by atoms with Gasteiger partial charge >= 0.3 is 27.6 Å². The first-order chi connectivity index (χ1) is 48.9. The Hall–Kier alpha value is -3.18. The lowest BCUT2D eigenvalue weighted by molar-refractivity contribution is -0.161. The first kappa shape index (κ1) is 96.8. The van der Waals surface area contributed by atoms with Gasteiger partial charge in [-0.2, -0.15) is 0 Å². The Labute approximate surface area is 609 Å². The average Bonchev–Trinajstić information content (AvgIpc) is 0.974. The molecule has 0 rings (SSSR count). The second-order valence-electron chi connectivity index (χ2n) is 26.9. The van der Waals surface area contributed by atoms with Gasteiger partial charge in [0.25, 0.3) is 0 Å². The van der Waals surface area contributed by atoms with Gasteiger partial charge in [0.15, 0.2) is 6.10 Å². The van der Waals surface area contributed by atoms with Crippen LogP contribution in [0.15, 0.2) is 72.9 Å². The van der Waals surface area contributed by atoms with E-state index in [1.165, 1.54) is 148 Å². The van der Waals surface area contributed by atoms with Crippen LogP contribution in [0.1, 0.15) is 348 Å². The van der Waals surface area contributed by atoms with E-state index in [1.54, 1.807) is 0 Å². The molecule has 0 aromatic heterocycles. The molecule has 0 saturated carbocycles. The van der Waals surface area contributed by atoms with Crippen LogP contribution in [-0.4, -0.2) is 111 Å². The minimum Gasteiger partial charge on any atom is -0.462 e. The third-order valence-corrected chi connectivity index (χ3v) is 19.1. The Morgan fingerprint density at radius 2 is 0.640 bits per heavy atom. The van der Waals surface area contributed by atoms with E-state index in [0.717, 1.165) is 154 Å². The van der Waals surface area contributed by atoms with Crippen molar-refractivity contribution in [2.75, 3.05) is 52.9 Å². The molecule has 5 atom stereocenters. The molecule has 0 aliphatic heterocycles. The first-order valence-electron chi connectivity index (χ1n) is 40.1. The monoisotopic (exact) mass is 1450 g/mol. The van der Waals surface area contributed by atoms with Crippen LogP contribution < -0.4 is 0 Å². The number of rotatable bonds is 80. The number of unbranched alkanes of at least 4 members (excludes halogenated alkanes) is 40. The summed E-state index contributed by atoms with van der Waals surface area (Å²) in [7, 11) is -9.69. The summed E-state index contributed by atoms with van der Waals surface area (Å²) in [6, 6.07) is 0. The Morgan fingerprint density at radius 1 is 0.330 bits per heavy atom. The molecule has 19 heteroatoms. The zero-order chi connectivity index (χ0) is 72.9. The number of carbonyl (C=O) groups is 4. The molecule has 0 aliphatic rings. The van der Waals surface area contributed by atoms with E-state index in [2.05, 4.69) is 74.6 Å². The number of phosphoric ester groups is 2. The van der Waals surface area contributed by atoms with Crippen LogP contribution in [0.2, 0.25) is 0 Å². The zero-order valence-corrected chi connectivity index (χ0v) is 65.0. The van der Waals surface area contributed by atoms with Crippen molar-refractivity contribution in [3.63, 3.8) is 0 Å². The smallest absolute Gasteiger partial charge is 0.462 e. The lowest BCUT2D eigenvalue weighted by Gasteiger charge is -2.21. The Balaban J connectivity index is 5.24. The molecule has 0 aromatic carbocycles. The zero-order valence-electron chi connectivity index (χ0n) is 63.2. The van der Waals surface area contributed by atoms with Crippen LogP contribution >= 0.6 is 15.6 Å². The Bertz CT molecular complexity index is 2110. The van der Waals surface area contributed by atoms with Gasteiger partial charge in [-0.3, -0.25) is 27.7 Å². The molecule has 2 unspecified atom stereocenters. The molecule has 17 nitrogen and oxygen atoms in total. The normalized spacial score (nSPS) is 14.3. The fourth-order valence-corrected chi connectivity index (χ4v) is 12.6. The standard InChI is InChI=1S/C81H146O17P2/c1-3-5-7-9-11-13-15-17-18-19-24-30-36-42-48-54-60-66-81(86)98-79(74-93-80(85)65-59-53-47-41-35-29-16-14-12-10-8-6-4-2)76-97-100(89,90)95-72-77(84)71-94-99(87,88)96-75-78(92-70-64-58-52-46-40-34-28-23-21-26-32-38-44-50-56-62-68-83)73-91-69-63-57-51-45-39-33-27-22-20-25-31-37-43-49-55-61-67-82/h11,13,17-18,20-21,24-26,30,42,48,67-68,77-79,84H,3-10,12,14-16,19,22-23,27-29,31-41,43-47,49-66,69-76H2,1-2H3,(H,87,88)(H,89,90)/b13-11-,18-17-,25-20-,26-21-,30-24-,48-42-/t77-,78-,79-/m1/s1. The predicted molar refractivity (Wildman–Crippen MR) is 409 cm³/mol. The van der Waals surface area contributed by atoms with Crippen LogP contribution in [0, 0.1) is 0 Å². The topological polar surface area (TPSA) is 237 Å². The molecule has 0 spiro atoms. The quantitative estimate of drug-likeness (QED) is 0.0169. The van der Waals surface area contributed by atoms with Gasteiger partial charge in [0.1, 0.15) is 31.4 Å². The third-order valence-electron chi connectivity index (χ3n) is 17.2. The summed E-state index contributed by atoms with van der Waals surface area (Å²) in [6.45, 7) is 2.47. The predicted octanol–water partition coefficient (Wildman–Crippen LogP) is 22.5. The molecule has 0 amide bonds. The van der Waals surface area contributed by atoms with Crippen molar-refractivity contribution in [3.05, 3.63) is 72.9 Å². The van der Waals surface area contributed by atoms with Crippen LogP contribution in [0.5, 0.6) is 0 Å². The highest BCUT2D eigenvalue weighted by Gasteiger charge is 2.30. The van der Waals surface area contributed by atoms with E-state index in [9.17, 15) is 43.2 Å². The summed E-state index contributed by atoms with van der Waals surface area (Å²) >= 11 is 0. The maximum Gasteiger partial charge on any atom is 0.472 e. The molecule has 0 saturated heterocycles. The van der Waals surface area contributed by atoms with Gasteiger partial charge in [-0.1, -0.05) is 267 Å². The summed E-state index contributed by atoms with van der Waals surface area (Å²) < 4.78 is 69.9. The number of hydrogen-bond acceptors (Lipinski definition) is 15. The van der Waals surface area contributed by atoms with Crippen LogP contribution in [-0.2, 0) is 65.4 Å². The molecular weight excluding hydrogens is 1310 g/mol. The summed E-state index contributed by atoms with van der Waals surface area (Å²) in [6.07, 6.45) is 78.6. The lowest BCUT2D eigenvalue weighted by Crippen LogP contribution is -2.30. The number of aliphatic hydroxyl groups excluding tert-OH is 1. The minimum atomic E-state index is -4.93. The molecule has 0 aromatic rings. The summed E-state index contributed by atoms with van der Waals surface area (Å²) in [4.78, 5) is 68.0. The van der Waals surface area contributed by atoms with E-state index in [-0.39, 0.29) is 26.1 Å². The van der Waals surface area contributed by atoms with Gasteiger partial charge in [-0.15, -0.1) is 0 Å². The van der Waals surface area contributed by atoms with Gasteiger partial charge in [0.05, 0.1) is 33.0 Å². The summed E-state index contributed by atoms with van der Waals surface area (Å²) in [5.74, 6) is -1.09. The fourth-order valence-electron chi connectivity index (χ4n) is 11.0.